The molecule has 0 heterocycles. The van der Waals surface area contributed by atoms with Gasteiger partial charge in [0.25, 0.3) is 0 Å². The Morgan fingerprint density at radius 3 is 1.67 bits per heavy atom. The fourth-order valence-electron chi connectivity index (χ4n) is 1.87. The summed E-state index contributed by atoms with van der Waals surface area (Å²) in [5.74, 6) is -2.22. The minimum atomic E-state index is -1.63. The Kier molecular flexibility index (Phi) is 6.36. The summed E-state index contributed by atoms with van der Waals surface area (Å²) in [5, 5.41) is 0. The first-order valence-corrected chi connectivity index (χ1v) is 5.57. The van der Waals surface area contributed by atoms with Crippen molar-refractivity contribution in [2.45, 2.75) is 26.7 Å². The summed E-state index contributed by atoms with van der Waals surface area (Å²) >= 11 is 0. The number of hydrogen-bond acceptors (Lipinski definition) is 6. The Balaban J connectivity index is 5.46. The highest BCUT2D eigenvalue weighted by molar-refractivity contribution is 6.03. The highest BCUT2D eigenvalue weighted by atomic mass is 16.5. The number of methoxy groups -OCH3 is 3. The van der Waals surface area contributed by atoms with E-state index in [1.807, 2.05) is 13.8 Å². The molecule has 0 amide bonds. The predicted molar refractivity (Wildman–Crippen MR) is 62.6 cm³/mol. The van der Waals surface area contributed by atoms with E-state index in [1.165, 1.54) is 7.11 Å². The number of carbonyl (C=O) groups is 3. The third-order valence-electron chi connectivity index (χ3n) is 2.58. The van der Waals surface area contributed by atoms with Crippen molar-refractivity contribution in [1.29, 1.82) is 0 Å². The zero-order valence-electron chi connectivity index (χ0n) is 11.4. The van der Waals surface area contributed by atoms with Crippen molar-refractivity contribution in [3.63, 3.8) is 0 Å². The highest BCUT2D eigenvalue weighted by Crippen LogP contribution is 2.34. The molecule has 18 heavy (non-hydrogen) atoms. The van der Waals surface area contributed by atoms with Crippen LogP contribution < -0.4 is 0 Å². The van der Waals surface area contributed by atoms with Crippen molar-refractivity contribution in [2.24, 2.45) is 11.3 Å². The van der Waals surface area contributed by atoms with Crippen LogP contribution in [0.1, 0.15) is 26.7 Å². The lowest BCUT2D eigenvalue weighted by Crippen LogP contribution is -2.44. The summed E-state index contributed by atoms with van der Waals surface area (Å²) in [6.07, 6.45) is -0.234. The zero-order valence-corrected chi connectivity index (χ0v) is 11.4. The standard InChI is InChI=1S/C12H20O6/c1-8(2)6-12(10(14)17-4,11(15)18-5)7-9(13)16-3/h8H,6-7H2,1-5H3. The van der Waals surface area contributed by atoms with E-state index >= 15 is 0 Å². The maximum absolute atomic E-state index is 11.9. The number of ether oxygens (including phenoxy) is 3. The summed E-state index contributed by atoms with van der Waals surface area (Å²) in [6, 6.07) is 0. The van der Waals surface area contributed by atoms with Gasteiger partial charge >= 0.3 is 17.9 Å². The second kappa shape index (κ2) is 6.98. The first-order chi connectivity index (χ1) is 8.33. The molecule has 0 unspecified atom stereocenters. The van der Waals surface area contributed by atoms with Gasteiger partial charge in [0.15, 0.2) is 5.41 Å². The first-order valence-electron chi connectivity index (χ1n) is 5.57. The third kappa shape index (κ3) is 3.72. The maximum atomic E-state index is 11.9. The fourth-order valence-corrected chi connectivity index (χ4v) is 1.87. The molecule has 0 aromatic heterocycles. The van der Waals surface area contributed by atoms with Crippen LogP contribution in [0.25, 0.3) is 0 Å². The van der Waals surface area contributed by atoms with Gasteiger partial charge in [-0.15, -0.1) is 0 Å². The molecule has 0 aromatic rings. The van der Waals surface area contributed by atoms with E-state index in [0.29, 0.717) is 0 Å². The first kappa shape index (κ1) is 16.4. The minimum absolute atomic E-state index is 0.00727. The SMILES string of the molecule is COC(=O)CC(CC(C)C)(C(=O)OC)C(=O)OC. The van der Waals surface area contributed by atoms with Crippen LogP contribution in [0.3, 0.4) is 0 Å². The van der Waals surface area contributed by atoms with Crippen LogP contribution in [0.5, 0.6) is 0 Å². The Labute approximate surface area is 107 Å². The lowest BCUT2D eigenvalue weighted by molar-refractivity contribution is -0.175. The Hall–Kier alpha value is -1.59. The van der Waals surface area contributed by atoms with Crippen molar-refractivity contribution in [3.05, 3.63) is 0 Å². The summed E-state index contributed by atoms with van der Waals surface area (Å²) in [5.41, 5.74) is -1.63. The highest BCUT2D eigenvalue weighted by Gasteiger charge is 2.50. The molecule has 0 atom stereocenters. The smallest absolute Gasteiger partial charge is 0.323 e. The lowest BCUT2D eigenvalue weighted by atomic mass is 9.77. The lowest BCUT2D eigenvalue weighted by Gasteiger charge is -2.28. The molecule has 0 fully saturated rings. The fraction of sp³-hybridized carbons (Fsp3) is 0.750. The summed E-state index contributed by atoms with van der Waals surface area (Å²) < 4.78 is 13.8. The molecule has 0 rings (SSSR count). The Morgan fingerprint density at radius 1 is 0.944 bits per heavy atom. The van der Waals surface area contributed by atoms with Crippen LogP contribution in [-0.2, 0) is 28.6 Å². The molecule has 0 aromatic carbocycles. The third-order valence-corrected chi connectivity index (χ3v) is 2.58. The van der Waals surface area contributed by atoms with Crippen molar-refractivity contribution in [1.82, 2.24) is 0 Å². The Bertz CT molecular complexity index is 305. The quantitative estimate of drug-likeness (QED) is 0.401. The number of hydrogen-bond donors (Lipinski definition) is 0. The molecule has 0 bridgehead atoms. The molecule has 0 aliphatic heterocycles. The van der Waals surface area contributed by atoms with E-state index in [0.717, 1.165) is 14.2 Å². The largest absolute Gasteiger partial charge is 0.469 e. The zero-order chi connectivity index (χ0) is 14.3. The van der Waals surface area contributed by atoms with Gasteiger partial charge in [-0.3, -0.25) is 14.4 Å². The van der Waals surface area contributed by atoms with E-state index in [1.54, 1.807) is 0 Å². The molecular formula is C12H20O6. The number of rotatable bonds is 6. The summed E-state index contributed by atoms with van der Waals surface area (Å²) in [7, 11) is 3.52. The molecular weight excluding hydrogens is 240 g/mol. The predicted octanol–water partition coefficient (Wildman–Crippen LogP) is 0.928. The average Bonchev–Trinajstić information content (AvgIpc) is 2.34. The van der Waals surface area contributed by atoms with Gasteiger partial charge in [-0.05, 0) is 12.3 Å². The van der Waals surface area contributed by atoms with E-state index in [2.05, 4.69) is 14.2 Å². The van der Waals surface area contributed by atoms with Gasteiger partial charge in [-0.1, -0.05) is 13.8 Å². The van der Waals surface area contributed by atoms with Crippen LogP contribution in [0.4, 0.5) is 0 Å². The van der Waals surface area contributed by atoms with Gasteiger partial charge in [-0.25, -0.2) is 0 Å². The topological polar surface area (TPSA) is 78.9 Å². The second-order valence-electron chi connectivity index (χ2n) is 4.42. The normalized spacial score (nSPS) is 11.0. The maximum Gasteiger partial charge on any atom is 0.323 e. The summed E-state index contributed by atoms with van der Waals surface area (Å²) in [6.45, 7) is 3.66. The van der Waals surface area contributed by atoms with Crippen LogP contribution in [0.15, 0.2) is 0 Å². The van der Waals surface area contributed by atoms with Gasteiger partial charge < -0.3 is 14.2 Å². The second-order valence-corrected chi connectivity index (χ2v) is 4.42. The van der Waals surface area contributed by atoms with E-state index < -0.39 is 23.3 Å². The van der Waals surface area contributed by atoms with Gasteiger partial charge in [0.2, 0.25) is 0 Å². The molecule has 0 saturated heterocycles. The summed E-state index contributed by atoms with van der Waals surface area (Å²) in [4.78, 5) is 35.2. The molecule has 6 heteroatoms. The van der Waals surface area contributed by atoms with Crippen LogP contribution in [0, 0.1) is 11.3 Å². The monoisotopic (exact) mass is 260 g/mol. The van der Waals surface area contributed by atoms with Crippen molar-refractivity contribution in [3.8, 4) is 0 Å². The molecule has 0 radical (unpaired) electrons. The van der Waals surface area contributed by atoms with Crippen molar-refractivity contribution >= 4 is 17.9 Å². The molecule has 0 N–H and O–H groups in total. The minimum Gasteiger partial charge on any atom is -0.469 e. The Morgan fingerprint density at radius 2 is 1.39 bits per heavy atom. The van der Waals surface area contributed by atoms with E-state index in [9.17, 15) is 14.4 Å². The van der Waals surface area contributed by atoms with Gasteiger partial charge in [0.1, 0.15) is 0 Å². The molecule has 0 spiro atoms. The molecule has 0 aliphatic rings. The van der Waals surface area contributed by atoms with Crippen LogP contribution in [-0.4, -0.2) is 39.2 Å². The molecule has 6 nitrogen and oxygen atoms in total. The number of esters is 3. The van der Waals surface area contributed by atoms with E-state index in [-0.39, 0.29) is 18.8 Å². The average molecular weight is 260 g/mol. The van der Waals surface area contributed by atoms with Gasteiger partial charge in [0.05, 0.1) is 27.8 Å². The molecule has 0 aliphatic carbocycles. The molecule has 0 saturated carbocycles. The van der Waals surface area contributed by atoms with Gasteiger partial charge in [0, 0.05) is 0 Å². The van der Waals surface area contributed by atoms with Crippen LogP contribution in [0.2, 0.25) is 0 Å². The van der Waals surface area contributed by atoms with Crippen molar-refractivity contribution in [2.75, 3.05) is 21.3 Å². The van der Waals surface area contributed by atoms with E-state index in [4.69, 9.17) is 0 Å². The van der Waals surface area contributed by atoms with Gasteiger partial charge in [-0.2, -0.15) is 0 Å². The number of carbonyl (C=O) groups excluding carboxylic acids is 3. The molecule has 104 valence electrons. The van der Waals surface area contributed by atoms with Crippen molar-refractivity contribution < 1.29 is 28.6 Å². The van der Waals surface area contributed by atoms with Crippen LogP contribution >= 0.6 is 0 Å².